The van der Waals surface area contributed by atoms with Gasteiger partial charge in [-0.15, -0.1) is 0 Å². The second-order valence-electron chi connectivity index (χ2n) is 11.4. The lowest BCUT2D eigenvalue weighted by molar-refractivity contribution is -0.158. The third-order valence-electron chi connectivity index (χ3n) is 7.19. The molecule has 3 N–H and O–H groups in total. The number of rotatable bonds is 9. The van der Waals surface area contributed by atoms with Crippen LogP contribution >= 0.6 is 0 Å². The first kappa shape index (κ1) is 28.6. The number of hydrogen-bond acceptors (Lipinski definition) is 5. The van der Waals surface area contributed by atoms with Crippen molar-refractivity contribution in [2.24, 2.45) is 11.8 Å². The Hall–Kier alpha value is -3.40. The highest BCUT2D eigenvalue weighted by atomic mass is 32.2. The summed E-state index contributed by atoms with van der Waals surface area (Å²) in [5.41, 5.74) is 3.18. The highest BCUT2D eigenvalue weighted by molar-refractivity contribution is 7.92. The lowest BCUT2D eigenvalue weighted by Crippen LogP contribution is -2.67. The Balaban J connectivity index is 1.74. The molecule has 39 heavy (non-hydrogen) atoms. The van der Waals surface area contributed by atoms with Gasteiger partial charge in [0.25, 0.3) is 0 Å². The summed E-state index contributed by atoms with van der Waals surface area (Å²) < 4.78 is 25.8. The van der Waals surface area contributed by atoms with E-state index in [1.165, 1.54) is 16.0 Å². The van der Waals surface area contributed by atoms with E-state index in [9.17, 15) is 22.8 Å². The molecule has 2 aromatic rings. The lowest BCUT2D eigenvalue weighted by Gasteiger charge is -2.45. The molecule has 0 saturated carbocycles. The number of amides is 3. The Labute approximate surface area is 230 Å². The van der Waals surface area contributed by atoms with Crippen molar-refractivity contribution in [1.29, 1.82) is 0 Å². The van der Waals surface area contributed by atoms with E-state index in [1.807, 2.05) is 39.8 Å². The van der Waals surface area contributed by atoms with Crippen LogP contribution < -0.4 is 15.4 Å². The number of hydrogen-bond donors (Lipinski definition) is 3. The molecule has 1 aliphatic heterocycles. The molecular weight excluding hydrogens is 516 g/mol. The summed E-state index contributed by atoms with van der Waals surface area (Å²) in [7, 11) is -3.49. The number of piperazine rings is 1. The third kappa shape index (κ3) is 6.61. The van der Waals surface area contributed by atoms with Gasteiger partial charge >= 0.3 is 0 Å². The monoisotopic (exact) mass is 554 g/mol. The van der Waals surface area contributed by atoms with Crippen LogP contribution in [0.4, 0.5) is 5.69 Å². The van der Waals surface area contributed by atoms with Crippen LogP contribution in [0, 0.1) is 11.8 Å². The van der Waals surface area contributed by atoms with Crippen LogP contribution in [-0.2, 0) is 37.2 Å². The Kier molecular flexibility index (Phi) is 8.34. The molecule has 210 valence electrons. The van der Waals surface area contributed by atoms with Gasteiger partial charge in [0.05, 0.1) is 6.26 Å². The van der Waals surface area contributed by atoms with Crippen molar-refractivity contribution >= 4 is 33.4 Å². The number of benzene rings is 2. The van der Waals surface area contributed by atoms with Crippen molar-refractivity contribution in [1.82, 2.24) is 15.5 Å². The van der Waals surface area contributed by atoms with Gasteiger partial charge in [-0.3, -0.25) is 19.1 Å². The predicted octanol–water partition coefficient (Wildman–Crippen LogP) is 2.78. The van der Waals surface area contributed by atoms with Crippen molar-refractivity contribution in [3.63, 3.8) is 0 Å². The fraction of sp³-hybridized carbons (Fsp3) is 0.483. The van der Waals surface area contributed by atoms with Gasteiger partial charge in [-0.25, -0.2) is 8.42 Å². The van der Waals surface area contributed by atoms with E-state index in [0.29, 0.717) is 30.5 Å². The van der Waals surface area contributed by atoms with Crippen molar-refractivity contribution in [3.05, 3.63) is 65.2 Å². The first-order valence-corrected chi connectivity index (χ1v) is 15.3. The van der Waals surface area contributed by atoms with E-state index in [4.69, 9.17) is 0 Å². The molecule has 2 aromatic carbocycles. The number of carbonyl (C=O) groups is 3. The fourth-order valence-electron chi connectivity index (χ4n) is 5.62. The molecule has 1 heterocycles. The van der Waals surface area contributed by atoms with Crippen LogP contribution in [0.3, 0.4) is 0 Å². The molecule has 9 nitrogen and oxygen atoms in total. The number of carbonyl (C=O) groups excluding carboxylic acids is 3. The molecule has 0 unspecified atom stereocenters. The topological polar surface area (TPSA) is 125 Å². The zero-order chi connectivity index (χ0) is 28.5. The lowest BCUT2D eigenvalue weighted by atomic mass is 9.88. The number of sulfonamides is 1. The van der Waals surface area contributed by atoms with Crippen LogP contribution in [-0.4, -0.2) is 55.4 Å². The summed E-state index contributed by atoms with van der Waals surface area (Å²) in [4.78, 5) is 43.1. The van der Waals surface area contributed by atoms with Gasteiger partial charge in [0.2, 0.25) is 27.7 Å². The summed E-state index contributed by atoms with van der Waals surface area (Å²) in [5, 5.41) is 5.93. The third-order valence-corrected chi connectivity index (χ3v) is 7.80. The molecule has 0 radical (unpaired) electrons. The smallest absolute Gasteiger partial charge is 0.247 e. The van der Waals surface area contributed by atoms with Crippen molar-refractivity contribution in [2.45, 2.75) is 71.1 Å². The molecule has 0 aromatic heterocycles. The summed E-state index contributed by atoms with van der Waals surface area (Å²) in [5.74, 6) is -0.948. The number of nitrogens with zero attached hydrogens (tertiary/aromatic N) is 1. The normalized spacial score (nSPS) is 20.6. The SMILES string of the molecule is CC(C)C[C@@H]1C(=O)N[C@H](C2Cc3ccccc3C2)C(=O)N1[C@@H](C(=O)NC(C)C)c1ccc(NS(C)(=O)=O)cc1. The number of anilines is 1. The minimum atomic E-state index is -3.49. The summed E-state index contributed by atoms with van der Waals surface area (Å²) in [6.45, 7) is 7.63. The maximum Gasteiger partial charge on any atom is 0.247 e. The number of fused-ring (bicyclic) bond motifs is 1. The summed E-state index contributed by atoms with van der Waals surface area (Å²) in [6.07, 6.45) is 2.80. The van der Waals surface area contributed by atoms with Gasteiger partial charge in [-0.2, -0.15) is 0 Å². The Bertz CT molecular complexity index is 1310. The van der Waals surface area contributed by atoms with E-state index in [0.717, 1.165) is 6.26 Å². The van der Waals surface area contributed by atoms with Crippen molar-refractivity contribution < 1.29 is 22.8 Å². The van der Waals surface area contributed by atoms with Crippen LogP contribution in [0.5, 0.6) is 0 Å². The molecule has 1 saturated heterocycles. The summed E-state index contributed by atoms with van der Waals surface area (Å²) in [6, 6.07) is 11.6. The number of nitrogens with one attached hydrogen (secondary N) is 3. The summed E-state index contributed by atoms with van der Waals surface area (Å²) >= 11 is 0. The van der Waals surface area contributed by atoms with Crippen LogP contribution in [0.1, 0.15) is 56.8 Å². The van der Waals surface area contributed by atoms with E-state index in [1.54, 1.807) is 24.3 Å². The van der Waals surface area contributed by atoms with Gasteiger partial charge in [0, 0.05) is 11.7 Å². The fourth-order valence-corrected chi connectivity index (χ4v) is 6.19. The first-order chi connectivity index (χ1) is 18.3. The van der Waals surface area contributed by atoms with Crippen molar-refractivity contribution in [3.8, 4) is 0 Å². The Morgan fingerprint density at radius 1 is 1.00 bits per heavy atom. The first-order valence-electron chi connectivity index (χ1n) is 13.4. The van der Waals surface area contributed by atoms with Crippen LogP contribution in [0.15, 0.2) is 48.5 Å². The molecule has 2 aliphatic rings. The van der Waals surface area contributed by atoms with Crippen molar-refractivity contribution in [2.75, 3.05) is 11.0 Å². The van der Waals surface area contributed by atoms with Gasteiger partial charge in [-0.05, 0) is 73.8 Å². The molecule has 4 rings (SSSR count). The highest BCUT2D eigenvalue weighted by Crippen LogP contribution is 2.35. The van der Waals surface area contributed by atoms with E-state index < -0.39 is 28.1 Å². The average Bonchev–Trinajstić information content (AvgIpc) is 3.26. The van der Waals surface area contributed by atoms with E-state index >= 15 is 0 Å². The van der Waals surface area contributed by atoms with Gasteiger partial charge in [0.15, 0.2) is 0 Å². The van der Waals surface area contributed by atoms with Crippen LogP contribution in [0.2, 0.25) is 0 Å². The molecule has 1 fully saturated rings. The average molecular weight is 555 g/mol. The predicted molar refractivity (Wildman–Crippen MR) is 150 cm³/mol. The van der Waals surface area contributed by atoms with Gasteiger partial charge in [-0.1, -0.05) is 50.2 Å². The quantitative estimate of drug-likeness (QED) is 0.440. The Morgan fingerprint density at radius 2 is 1.59 bits per heavy atom. The molecule has 0 bridgehead atoms. The van der Waals surface area contributed by atoms with Gasteiger partial charge in [0.1, 0.15) is 18.1 Å². The maximum absolute atomic E-state index is 14.3. The standard InChI is InChI=1S/C29H38N4O5S/c1-17(2)14-24-27(34)31-25(22-15-20-8-6-7-9-21(20)16-22)29(36)33(24)26(28(35)30-18(3)4)19-10-12-23(13-11-19)32-39(5,37)38/h6-13,17-18,22,24-26,32H,14-16H2,1-5H3,(H,30,35)(H,31,34)/t24-,25-,26-/m1/s1. The molecule has 0 spiro atoms. The molecule has 10 heteroatoms. The maximum atomic E-state index is 14.3. The Morgan fingerprint density at radius 3 is 2.10 bits per heavy atom. The highest BCUT2D eigenvalue weighted by Gasteiger charge is 2.49. The minimum Gasteiger partial charge on any atom is -0.352 e. The second-order valence-corrected chi connectivity index (χ2v) is 13.1. The second kappa shape index (κ2) is 11.4. The molecular formula is C29H38N4O5S. The largest absolute Gasteiger partial charge is 0.352 e. The molecule has 3 amide bonds. The van der Waals surface area contributed by atoms with Gasteiger partial charge < -0.3 is 15.5 Å². The van der Waals surface area contributed by atoms with Crippen LogP contribution in [0.25, 0.3) is 0 Å². The zero-order valence-electron chi connectivity index (χ0n) is 23.1. The van der Waals surface area contributed by atoms with E-state index in [-0.39, 0.29) is 35.6 Å². The molecule has 3 atom stereocenters. The van der Waals surface area contributed by atoms with E-state index in [2.05, 4.69) is 27.5 Å². The zero-order valence-corrected chi connectivity index (χ0v) is 23.9. The minimum absolute atomic E-state index is 0.0958. The molecule has 1 aliphatic carbocycles.